The van der Waals surface area contributed by atoms with Crippen LogP contribution in [0, 0.1) is 0 Å². The van der Waals surface area contributed by atoms with Crippen molar-refractivity contribution >= 4 is 38.9 Å². The zero-order valence-corrected chi connectivity index (χ0v) is 15.8. The molecule has 1 unspecified atom stereocenters. The molecule has 128 valence electrons. The van der Waals surface area contributed by atoms with Crippen molar-refractivity contribution in [2.45, 2.75) is 17.9 Å². The topological polar surface area (TPSA) is 54.5 Å². The molecular formula is C17H17Cl2NO3S. The lowest BCUT2D eigenvalue weighted by Gasteiger charge is -2.26. The van der Waals surface area contributed by atoms with Crippen LogP contribution in [0.25, 0.3) is 0 Å². The normalized spacial score (nSPS) is 12.7. The lowest BCUT2D eigenvalue weighted by molar-refractivity contribution is 0.0742. The largest absolute Gasteiger partial charge is 0.335 e. The maximum atomic E-state index is 12.7. The zero-order valence-electron chi connectivity index (χ0n) is 13.5. The summed E-state index contributed by atoms with van der Waals surface area (Å²) in [5.41, 5.74) is 1.06. The summed E-state index contributed by atoms with van der Waals surface area (Å²) in [4.78, 5) is 14.3. The smallest absolute Gasteiger partial charge is 0.255 e. The molecule has 0 N–H and O–H groups in total. The molecule has 0 aliphatic rings. The van der Waals surface area contributed by atoms with Gasteiger partial charge >= 0.3 is 0 Å². The van der Waals surface area contributed by atoms with Gasteiger partial charge in [0.05, 0.1) is 21.5 Å². The van der Waals surface area contributed by atoms with Gasteiger partial charge in [-0.15, -0.1) is 0 Å². The Labute approximate surface area is 151 Å². The molecular weight excluding hydrogens is 369 g/mol. The highest BCUT2D eigenvalue weighted by atomic mass is 35.5. The predicted molar refractivity (Wildman–Crippen MR) is 96.5 cm³/mol. The van der Waals surface area contributed by atoms with Crippen LogP contribution in [-0.4, -0.2) is 32.5 Å². The van der Waals surface area contributed by atoms with Gasteiger partial charge in [0.1, 0.15) is 0 Å². The van der Waals surface area contributed by atoms with Crippen LogP contribution in [0.2, 0.25) is 10.0 Å². The van der Waals surface area contributed by atoms with Crippen molar-refractivity contribution in [2.24, 2.45) is 0 Å². The molecule has 24 heavy (non-hydrogen) atoms. The first-order chi connectivity index (χ1) is 11.1. The average molecular weight is 386 g/mol. The van der Waals surface area contributed by atoms with E-state index < -0.39 is 9.84 Å². The highest BCUT2D eigenvalue weighted by molar-refractivity contribution is 7.90. The summed E-state index contributed by atoms with van der Waals surface area (Å²) in [6.45, 7) is 1.87. The van der Waals surface area contributed by atoms with E-state index in [4.69, 9.17) is 23.2 Å². The fourth-order valence-electron chi connectivity index (χ4n) is 2.23. The van der Waals surface area contributed by atoms with Crippen LogP contribution in [-0.2, 0) is 9.84 Å². The Bertz CT molecular complexity index is 864. The van der Waals surface area contributed by atoms with Gasteiger partial charge in [-0.2, -0.15) is 0 Å². The van der Waals surface area contributed by atoms with E-state index in [2.05, 4.69) is 0 Å². The molecule has 7 heteroatoms. The molecule has 0 fully saturated rings. The van der Waals surface area contributed by atoms with Crippen LogP contribution in [0.5, 0.6) is 0 Å². The third-order valence-electron chi connectivity index (χ3n) is 3.85. The van der Waals surface area contributed by atoms with E-state index in [-0.39, 0.29) is 27.4 Å². The number of nitrogens with zero attached hydrogens (tertiary/aromatic N) is 1. The Balaban J connectivity index is 2.35. The van der Waals surface area contributed by atoms with Gasteiger partial charge in [-0.05, 0) is 42.8 Å². The molecule has 2 aromatic carbocycles. The van der Waals surface area contributed by atoms with Crippen molar-refractivity contribution in [1.29, 1.82) is 0 Å². The first-order valence-corrected chi connectivity index (χ1v) is 9.78. The lowest BCUT2D eigenvalue weighted by atomic mass is 10.1. The second-order valence-corrected chi connectivity index (χ2v) is 8.42. The number of hydrogen-bond acceptors (Lipinski definition) is 3. The minimum absolute atomic E-state index is 0.0581. The second-order valence-electron chi connectivity index (χ2n) is 5.56. The van der Waals surface area contributed by atoms with Gasteiger partial charge in [0, 0.05) is 18.3 Å². The third kappa shape index (κ3) is 4.09. The Morgan fingerprint density at radius 1 is 1.08 bits per heavy atom. The van der Waals surface area contributed by atoms with E-state index in [1.54, 1.807) is 19.2 Å². The Hall–Kier alpha value is -1.56. The highest BCUT2D eigenvalue weighted by Gasteiger charge is 2.22. The van der Waals surface area contributed by atoms with Crippen LogP contribution in [0.4, 0.5) is 0 Å². The van der Waals surface area contributed by atoms with Crippen molar-refractivity contribution in [3.05, 3.63) is 63.6 Å². The van der Waals surface area contributed by atoms with Gasteiger partial charge in [0.15, 0.2) is 9.84 Å². The Morgan fingerprint density at radius 3 is 2.21 bits per heavy atom. The second kappa shape index (κ2) is 7.13. The fraction of sp³-hybridized carbons (Fsp3) is 0.235. The molecule has 0 bridgehead atoms. The quantitative estimate of drug-likeness (QED) is 0.790. The Morgan fingerprint density at radius 2 is 1.67 bits per heavy atom. The minimum atomic E-state index is -3.42. The first kappa shape index (κ1) is 18.8. The molecule has 0 heterocycles. The van der Waals surface area contributed by atoms with Crippen molar-refractivity contribution in [3.8, 4) is 0 Å². The summed E-state index contributed by atoms with van der Waals surface area (Å²) in [5, 5.41) is 0.825. The van der Waals surface area contributed by atoms with Crippen molar-refractivity contribution in [1.82, 2.24) is 4.90 Å². The van der Waals surface area contributed by atoms with Crippen LogP contribution < -0.4 is 0 Å². The van der Waals surface area contributed by atoms with Crippen LogP contribution in [0.1, 0.15) is 28.9 Å². The van der Waals surface area contributed by atoms with Gasteiger partial charge in [0.25, 0.3) is 5.91 Å². The molecule has 0 aliphatic carbocycles. The van der Waals surface area contributed by atoms with E-state index in [0.717, 1.165) is 11.8 Å². The Kier molecular flexibility index (Phi) is 5.58. The van der Waals surface area contributed by atoms with Gasteiger partial charge in [-0.1, -0.05) is 35.3 Å². The standard InChI is InChI=1S/C17H17Cl2NO3S/c1-11(12-4-6-13(18)7-5-12)20(2)17(21)15-10-14(24(3,22)23)8-9-16(15)19/h4-11H,1-3H3. The third-order valence-corrected chi connectivity index (χ3v) is 5.54. The van der Waals surface area contributed by atoms with Crippen LogP contribution in [0.15, 0.2) is 47.4 Å². The number of amides is 1. The van der Waals surface area contributed by atoms with Crippen molar-refractivity contribution < 1.29 is 13.2 Å². The molecule has 0 spiro atoms. The SMILES string of the molecule is CC(c1ccc(Cl)cc1)N(C)C(=O)c1cc(S(C)(=O)=O)ccc1Cl. The highest BCUT2D eigenvalue weighted by Crippen LogP contribution is 2.26. The summed E-state index contributed by atoms with van der Waals surface area (Å²) >= 11 is 12.0. The molecule has 0 aliphatic heterocycles. The molecule has 2 aromatic rings. The number of halogens is 2. The maximum Gasteiger partial charge on any atom is 0.255 e. The predicted octanol–water partition coefficient (Wildman–Crippen LogP) is 4.23. The minimum Gasteiger partial charge on any atom is -0.335 e. The lowest BCUT2D eigenvalue weighted by Crippen LogP contribution is -2.30. The molecule has 4 nitrogen and oxygen atoms in total. The molecule has 2 rings (SSSR count). The maximum absolute atomic E-state index is 12.7. The first-order valence-electron chi connectivity index (χ1n) is 7.13. The van der Waals surface area contributed by atoms with Gasteiger partial charge in [-0.25, -0.2) is 8.42 Å². The molecule has 0 saturated carbocycles. The molecule has 1 atom stereocenters. The molecule has 1 amide bonds. The van der Waals surface area contributed by atoms with Gasteiger partial charge in [0.2, 0.25) is 0 Å². The summed E-state index contributed by atoms with van der Waals surface area (Å²) < 4.78 is 23.4. The van der Waals surface area contributed by atoms with E-state index in [1.165, 1.54) is 23.1 Å². The number of rotatable bonds is 4. The number of hydrogen-bond donors (Lipinski definition) is 0. The summed E-state index contributed by atoms with van der Waals surface area (Å²) in [5.74, 6) is -0.354. The number of carbonyl (C=O) groups excluding carboxylic acids is 1. The van der Waals surface area contributed by atoms with Crippen LogP contribution >= 0.6 is 23.2 Å². The number of sulfone groups is 1. The molecule has 0 aromatic heterocycles. The van der Waals surface area contributed by atoms with E-state index in [1.807, 2.05) is 19.1 Å². The summed E-state index contributed by atoms with van der Waals surface area (Å²) in [6.07, 6.45) is 1.09. The molecule has 0 radical (unpaired) electrons. The van der Waals surface area contributed by atoms with Gasteiger partial charge in [-0.3, -0.25) is 4.79 Å². The van der Waals surface area contributed by atoms with Crippen molar-refractivity contribution in [2.75, 3.05) is 13.3 Å². The van der Waals surface area contributed by atoms with E-state index >= 15 is 0 Å². The molecule has 0 saturated heterocycles. The fourth-order valence-corrected chi connectivity index (χ4v) is 3.20. The average Bonchev–Trinajstić information content (AvgIpc) is 2.53. The zero-order chi connectivity index (χ0) is 18.1. The summed E-state index contributed by atoms with van der Waals surface area (Å²) in [7, 11) is -1.78. The summed E-state index contributed by atoms with van der Waals surface area (Å²) in [6, 6.07) is 11.1. The van der Waals surface area contributed by atoms with Crippen molar-refractivity contribution in [3.63, 3.8) is 0 Å². The number of benzene rings is 2. The van der Waals surface area contributed by atoms with Gasteiger partial charge < -0.3 is 4.90 Å². The number of carbonyl (C=O) groups is 1. The monoisotopic (exact) mass is 385 g/mol. The van der Waals surface area contributed by atoms with E-state index in [9.17, 15) is 13.2 Å². The van der Waals surface area contributed by atoms with E-state index in [0.29, 0.717) is 5.02 Å². The van der Waals surface area contributed by atoms with Crippen LogP contribution in [0.3, 0.4) is 0 Å².